The van der Waals surface area contributed by atoms with Crippen LogP contribution in [0.25, 0.3) is 5.69 Å². The van der Waals surface area contributed by atoms with Crippen LogP contribution in [0.1, 0.15) is 91.0 Å². The number of hydrogen-bond donors (Lipinski definition) is 2. The van der Waals surface area contributed by atoms with Crippen molar-refractivity contribution in [2.45, 2.75) is 79.6 Å². The molecule has 3 amide bonds. The van der Waals surface area contributed by atoms with E-state index in [-0.39, 0.29) is 41.7 Å². The Labute approximate surface area is 234 Å². The molecule has 210 valence electrons. The molecular formula is C32H45N5O2. The van der Waals surface area contributed by atoms with E-state index in [2.05, 4.69) is 71.2 Å². The third kappa shape index (κ3) is 7.71. The van der Waals surface area contributed by atoms with E-state index < -0.39 is 0 Å². The third-order valence-electron chi connectivity index (χ3n) is 6.56. The topological polar surface area (TPSA) is 79.3 Å². The molecule has 0 aliphatic carbocycles. The number of urea groups is 1. The number of rotatable bonds is 9. The summed E-state index contributed by atoms with van der Waals surface area (Å²) in [6.07, 6.45) is 0. The van der Waals surface area contributed by atoms with Crippen molar-refractivity contribution >= 4 is 23.4 Å². The highest BCUT2D eigenvalue weighted by molar-refractivity contribution is 5.97. The molecule has 3 rings (SSSR count). The van der Waals surface area contributed by atoms with E-state index in [1.54, 1.807) is 9.58 Å². The minimum absolute atomic E-state index is 0.0737. The number of nitrogens with zero attached hydrogens (tertiary/aromatic N) is 3. The standard InChI is InChI=1S/C32H45N5O2/c1-21(2)19-36(31(39)34-30-25(22(3)4)16-13-17-26(30)23(5)6)20-29(38)33-28-18-27(32(7,8)9)35-37(28)24-14-11-10-12-15-24/h10-18,21-23H,19-20H2,1-9H3,(H,33,38)(H,34,39). The highest BCUT2D eigenvalue weighted by atomic mass is 16.2. The number of anilines is 2. The summed E-state index contributed by atoms with van der Waals surface area (Å²) in [6, 6.07) is 17.5. The second-order valence-electron chi connectivity index (χ2n) is 12.3. The Morgan fingerprint density at radius 2 is 1.46 bits per heavy atom. The predicted molar refractivity (Wildman–Crippen MR) is 161 cm³/mol. The van der Waals surface area contributed by atoms with Crippen molar-refractivity contribution in [3.63, 3.8) is 0 Å². The molecule has 2 N–H and O–H groups in total. The predicted octanol–water partition coefficient (Wildman–Crippen LogP) is 7.55. The van der Waals surface area contributed by atoms with E-state index in [0.717, 1.165) is 28.2 Å². The second kappa shape index (κ2) is 12.5. The first-order chi connectivity index (χ1) is 18.3. The van der Waals surface area contributed by atoms with Crippen LogP contribution in [0.3, 0.4) is 0 Å². The smallest absolute Gasteiger partial charge is 0.315 e. The number of benzene rings is 2. The number of hydrogen-bond acceptors (Lipinski definition) is 3. The molecule has 0 aliphatic rings. The van der Waals surface area contributed by atoms with Gasteiger partial charge in [0.15, 0.2) is 0 Å². The maximum absolute atomic E-state index is 13.6. The van der Waals surface area contributed by atoms with Gasteiger partial charge in [-0.1, -0.05) is 98.7 Å². The van der Waals surface area contributed by atoms with E-state index in [9.17, 15) is 9.59 Å². The van der Waals surface area contributed by atoms with E-state index in [1.165, 1.54) is 0 Å². The van der Waals surface area contributed by atoms with Crippen LogP contribution in [0.2, 0.25) is 0 Å². The van der Waals surface area contributed by atoms with Crippen LogP contribution in [0, 0.1) is 5.92 Å². The molecule has 7 heteroatoms. The lowest BCUT2D eigenvalue weighted by Gasteiger charge is -2.27. The fraction of sp³-hybridized carbons (Fsp3) is 0.469. The molecule has 0 unspecified atom stereocenters. The molecule has 1 heterocycles. The van der Waals surface area contributed by atoms with E-state index in [1.807, 2.05) is 56.3 Å². The second-order valence-corrected chi connectivity index (χ2v) is 12.3. The lowest BCUT2D eigenvalue weighted by Crippen LogP contribution is -2.43. The average Bonchev–Trinajstić information content (AvgIpc) is 3.28. The quantitative estimate of drug-likeness (QED) is 0.299. The Hall–Kier alpha value is -3.61. The molecule has 39 heavy (non-hydrogen) atoms. The van der Waals surface area contributed by atoms with Crippen LogP contribution in [-0.4, -0.2) is 39.7 Å². The zero-order valence-electron chi connectivity index (χ0n) is 25.0. The summed E-state index contributed by atoms with van der Waals surface area (Å²) >= 11 is 0. The molecule has 3 aromatic rings. The van der Waals surface area contributed by atoms with Crippen LogP contribution in [-0.2, 0) is 10.2 Å². The number of aromatic nitrogens is 2. The minimum atomic E-state index is -0.277. The molecule has 0 saturated heterocycles. The van der Waals surface area contributed by atoms with Gasteiger partial charge in [-0.3, -0.25) is 4.79 Å². The first-order valence-electron chi connectivity index (χ1n) is 13.9. The number of carbonyl (C=O) groups excluding carboxylic acids is 2. The van der Waals surface area contributed by atoms with Gasteiger partial charge in [0.05, 0.1) is 11.4 Å². The summed E-state index contributed by atoms with van der Waals surface area (Å²) in [5.41, 5.74) is 4.55. The van der Waals surface area contributed by atoms with Gasteiger partial charge in [0.1, 0.15) is 12.4 Å². The molecule has 0 aliphatic heterocycles. The van der Waals surface area contributed by atoms with Crippen LogP contribution in [0.4, 0.5) is 16.3 Å². The molecule has 7 nitrogen and oxygen atoms in total. The highest BCUT2D eigenvalue weighted by Gasteiger charge is 2.25. The summed E-state index contributed by atoms with van der Waals surface area (Å²) < 4.78 is 1.75. The minimum Gasteiger partial charge on any atom is -0.315 e. The molecule has 0 atom stereocenters. The van der Waals surface area contributed by atoms with Gasteiger partial charge in [0, 0.05) is 23.7 Å². The highest BCUT2D eigenvalue weighted by Crippen LogP contribution is 2.33. The summed E-state index contributed by atoms with van der Waals surface area (Å²) in [5, 5.41) is 11.0. The Morgan fingerprint density at radius 3 is 1.97 bits per heavy atom. The van der Waals surface area contributed by atoms with Crippen molar-refractivity contribution in [2.75, 3.05) is 23.7 Å². The van der Waals surface area contributed by atoms with Crippen LogP contribution in [0.5, 0.6) is 0 Å². The largest absolute Gasteiger partial charge is 0.322 e. The zero-order valence-corrected chi connectivity index (χ0v) is 25.0. The average molecular weight is 532 g/mol. The summed E-state index contributed by atoms with van der Waals surface area (Å²) in [6.45, 7) is 19.2. The van der Waals surface area contributed by atoms with Gasteiger partial charge in [-0.2, -0.15) is 5.10 Å². The number of amides is 3. The van der Waals surface area contributed by atoms with Gasteiger partial charge >= 0.3 is 6.03 Å². The van der Waals surface area contributed by atoms with Crippen LogP contribution in [0.15, 0.2) is 54.6 Å². The molecule has 1 aromatic heterocycles. The van der Waals surface area contributed by atoms with Crippen molar-refractivity contribution < 1.29 is 9.59 Å². The Bertz CT molecular complexity index is 1240. The van der Waals surface area contributed by atoms with E-state index >= 15 is 0 Å². The lowest BCUT2D eigenvalue weighted by atomic mass is 9.92. The fourth-order valence-corrected chi connectivity index (χ4v) is 4.50. The lowest BCUT2D eigenvalue weighted by molar-refractivity contribution is -0.116. The van der Waals surface area contributed by atoms with Crippen molar-refractivity contribution in [1.82, 2.24) is 14.7 Å². The molecule has 0 bridgehead atoms. The van der Waals surface area contributed by atoms with Crippen LogP contribution < -0.4 is 10.6 Å². The van der Waals surface area contributed by atoms with Gasteiger partial charge in [0.2, 0.25) is 5.91 Å². The van der Waals surface area contributed by atoms with Crippen molar-refractivity contribution in [2.24, 2.45) is 5.92 Å². The summed E-state index contributed by atoms with van der Waals surface area (Å²) in [5.74, 6) is 0.987. The third-order valence-corrected chi connectivity index (χ3v) is 6.56. The first kappa shape index (κ1) is 29.9. The molecule has 0 fully saturated rings. The number of para-hydroxylation sites is 2. The first-order valence-corrected chi connectivity index (χ1v) is 13.9. The van der Waals surface area contributed by atoms with Crippen molar-refractivity contribution in [1.29, 1.82) is 0 Å². The molecule has 0 saturated carbocycles. The molecule has 2 aromatic carbocycles. The van der Waals surface area contributed by atoms with E-state index in [4.69, 9.17) is 5.10 Å². The van der Waals surface area contributed by atoms with Gasteiger partial charge < -0.3 is 15.5 Å². The van der Waals surface area contributed by atoms with Crippen molar-refractivity contribution in [3.8, 4) is 5.69 Å². The normalized spacial score (nSPS) is 11.8. The monoisotopic (exact) mass is 531 g/mol. The fourth-order valence-electron chi connectivity index (χ4n) is 4.50. The SMILES string of the molecule is CC(C)CN(CC(=O)Nc1cc(C(C)(C)C)nn1-c1ccccc1)C(=O)Nc1c(C(C)C)cccc1C(C)C. The Morgan fingerprint density at radius 1 is 0.872 bits per heavy atom. The summed E-state index contributed by atoms with van der Waals surface area (Å²) in [4.78, 5) is 28.6. The zero-order chi connectivity index (χ0) is 28.9. The maximum Gasteiger partial charge on any atom is 0.322 e. The molecule has 0 radical (unpaired) electrons. The van der Waals surface area contributed by atoms with Gasteiger partial charge in [0.25, 0.3) is 0 Å². The summed E-state index contributed by atoms with van der Waals surface area (Å²) in [7, 11) is 0. The van der Waals surface area contributed by atoms with Gasteiger partial charge in [-0.15, -0.1) is 0 Å². The van der Waals surface area contributed by atoms with Gasteiger partial charge in [-0.05, 0) is 41.0 Å². The molecular weight excluding hydrogens is 486 g/mol. The maximum atomic E-state index is 13.6. The Balaban J connectivity index is 1.87. The Kier molecular flexibility index (Phi) is 9.59. The van der Waals surface area contributed by atoms with Crippen LogP contribution >= 0.6 is 0 Å². The number of carbonyl (C=O) groups is 2. The van der Waals surface area contributed by atoms with E-state index in [0.29, 0.717) is 12.4 Å². The number of nitrogens with one attached hydrogen (secondary N) is 2. The van der Waals surface area contributed by atoms with Crippen molar-refractivity contribution in [3.05, 3.63) is 71.4 Å². The molecule has 0 spiro atoms. The van der Waals surface area contributed by atoms with Gasteiger partial charge in [-0.25, -0.2) is 9.48 Å².